The van der Waals surface area contributed by atoms with Gasteiger partial charge in [-0.15, -0.1) is 34.0 Å². The number of primary amides is 1. The Hall–Kier alpha value is -8.38. The lowest BCUT2D eigenvalue weighted by molar-refractivity contribution is -0.116. The van der Waals surface area contributed by atoms with Crippen molar-refractivity contribution in [3.8, 4) is 63.8 Å². The highest BCUT2D eigenvalue weighted by atomic mass is 79.9. The van der Waals surface area contributed by atoms with Gasteiger partial charge in [-0.2, -0.15) is 0 Å². The summed E-state index contributed by atoms with van der Waals surface area (Å²) in [6.07, 6.45) is 15.4. The highest BCUT2D eigenvalue weighted by molar-refractivity contribution is 9.10. The first kappa shape index (κ1) is 69.7. The van der Waals surface area contributed by atoms with Crippen LogP contribution in [-0.2, 0) is 51.7 Å². The molecule has 470 valence electrons. The van der Waals surface area contributed by atoms with Gasteiger partial charge in [-0.3, -0.25) is 28.8 Å². The van der Waals surface area contributed by atoms with Gasteiger partial charge in [-0.25, -0.2) is 44.9 Å². The summed E-state index contributed by atoms with van der Waals surface area (Å²) in [5, 5.41) is 15.7. The molecule has 0 bridgehead atoms. The van der Waals surface area contributed by atoms with E-state index in [2.05, 4.69) is 137 Å². The van der Waals surface area contributed by atoms with E-state index >= 15 is 0 Å². The lowest BCUT2D eigenvalue weighted by Crippen LogP contribution is -2.22. The molecule has 9 aromatic rings. The van der Waals surface area contributed by atoms with Crippen molar-refractivity contribution in [3.63, 3.8) is 0 Å². The predicted octanol–water partition coefficient (Wildman–Crippen LogP) is 11.4. The van der Waals surface area contributed by atoms with Crippen molar-refractivity contribution in [1.29, 1.82) is 0 Å². The van der Waals surface area contributed by atoms with E-state index in [1.807, 2.05) is 33.7 Å². The Morgan fingerprint density at radius 1 is 0.517 bits per heavy atom. The quantitative estimate of drug-likeness (QED) is 0.0260. The van der Waals surface area contributed by atoms with Gasteiger partial charge in [0.15, 0.2) is 29.1 Å². The number of hydrogen-bond donors (Lipinski definition) is 7. The molecule has 0 aromatic carbocycles. The molecule has 0 atom stereocenters. The number of imidazole rings is 3. The number of pyridine rings is 3. The van der Waals surface area contributed by atoms with E-state index in [9.17, 15) is 28.8 Å². The Morgan fingerprint density at radius 2 is 0.888 bits per heavy atom. The number of ether oxygens (including phenoxy) is 2. The second kappa shape index (κ2) is 32.7. The molecule has 89 heavy (non-hydrogen) atoms. The molecule has 32 heteroatoms. The van der Waals surface area contributed by atoms with Crippen LogP contribution in [0.15, 0.2) is 96.8 Å². The lowest BCUT2D eigenvalue weighted by Gasteiger charge is -2.16. The summed E-state index contributed by atoms with van der Waals surface area (Å²) in [6, 6.07) is 12.9. The summed E-state index contributed by atoms with van der Waals surface area (Å²) in [5.41, 5.74) is 6.91. The van der Waals surface area contributed by atoms with Gasteiger partial charge in [0.1, 0.15) is 65.2 Å². The number of aromatic nitrogens is 12. The number of aromatic amines is 1. The SMILES string of the molecule is CC(=O)Nc1cc(-c2nc(Br)c(-c3nccn3COCC[Si](C)(C)C)s2)ccn1.CC(=O)Nc1cc(-c2nc(NC(C)=O)c(-c3ncc[nH]3)s2)ccn1.CC(=O)Nc1cc(-c2nc(NC(C)=O)c(-c3nccn3COCC[Si](C)(C)C)s2)ccn1.CC(N)=O. The molecule has 0 aliphatic carbocycles. The molecule has 0 aliphatic heterocycles. The van der Waals surface area contributed by atoms with Crippen LogP contribution in [0.4, 0.5) is 29.1 Å². The van der Waals surface area contributed by atoms with Crippen molar-refractivity contribution in [2.45, 2.75) is 106 Å². The smallest absolute Gasteiger partial charge is 0.222 e. The molecule has 0 saturated heterocycles. The second-order valence-electron chi connectivity index (χ2n) is 21.9. The molecular weight excluding hydrogens is 1300 g/mol. The number of rotatable bonds is 21. The number of amides is 6. The van der Waals surface area contributed by atoms with Crippen molar-refractivity contribution in [2.24, 2.45) is 5.73 Å². The molecule has 0 saturated carbocycles. The number of carbonyl (C=O) groups is 6. The summed E-state index contributed by atoms with van der Waals surface area (Å²) in [5.74, 6) is 3.02. The van der Waals surface area contributed by atoms with Crippen LogP contribution in [0.1, 0.15) is 41.5 Å². The van der Waals surface area contributed by atoms with Gasteiger partial charge >= 0.3 is 0 Å². The Kier molecular flexibility index (Phi) is 25.6. The maximum Gasteiger partial charge on any atom is 0.222 e. The predicted molar refractivity (Wildman–Crippen MR) is 358 cm³/mol. The first-order valence-corrected chi connectivity index (χ1v) is 38.2. The fourth-order valence-corrected chi connectivity index (χ4v) is 12.6. The molecule has 0 spiro atoms. The minimum absolute atomic E-state index is 0.160. The molecule has 0 fully saturated rings. The zero-order valence-electron chi connectivity index (χ0n) is 51.3. The number of halogens is 1. The van der Waals surface area contributed by atoms with Gasteiger partial charge in [0.25, 0.3) is 0 Å². The Labute approximate surface area is 537 Å². The third-order valence-electron chi connectivity index (χ3n) is 11.4. The van der Waals surface area contributed by atoms with Gasteiger partial charge in [0.2, 0.25) is 35.4 Å². The number of anilines is 5. The van der Waals surface area contributed by atoms with Gasteiger partial charge in [0, 0.05) is 143 Å². The summed E-state index contributed by atoms with van der Waals surface area (Å²) in [4.78, 5) is 111. The van der Waals surface area contributed by atoms with E-state index < -0.39 is 16.1 Å². The molecular formula is C57H71BrN18O8S3Si2. The number of nitrogens with two attached hydrogens (primary N) is 1. The van der Waals surface area contributed by atoms with Crippen molar-refractivity contribution in [1.82, 2.24) is 59.0 Å². The molecule has 0 radical (unpaired) electrons. The van der Waals surface area contributed by atoms with E-state index in [0.717, 1.165) is 65.5 Å². The van der Waals surface area contributed by atoms with Crippen molar-refractivity contribution < 1.29 is 38.2 Å². The van der Waals surface area contributed by atoms with Crippen molar-refractivity contribution in [3.05, 3.63) is 96.8 Å². The van der Waals surface area contributed by atoms with Crippen molar-refractivity contribution in [2.75, 3.05) is 39.8 Å². The summed E-state index contributed by atoms with van der Waals surface area (Å²) in [7, 11) is -2.28. The zero-order chi connectivity index (χ0) is 65.0. The third-order valence-corrected chi connectivity index (χ3v) is 18.9. The van der Waals surface area contributed by atoms with Gasteiger partial charge in [-0.1, -0.05) is 39.3 Å². The highest BCUT2D eigenvalue weighted by Crippen LogP contribution is 2.41. The lowest BCUT2D eigenvalue weighted by atomic mass is 10.2. The second-order valence-corrected chi connectivity index (χ2v) is 36.9. The summed E-state index contributed by atoms with van der Waals surface area (Å²) in [6.45, 7) is 24.7. The average molecular weight is 1370 g/mol. The number of hydrogen-bond acceptors (Lipinski definition) is 20. The standard InChI is InChI=1S/C21H28N6O3SSi.C19H24BrN5O2SSi.C15H14N6O2S.C2H5NO/c1-14(28)24-17-12-16(6-7-22-17)21-26-19(25-15(2)29)18(31-21)20-23-8-9-27(20)13-30-10-11-32(3,4)5;1-13(26)23-15-11-14(5-6-21-15)19-24-17(20)16(28-19)18-22-7-8-25(18)12-27-9-10-29(2,3)4;1-8(22)19-11-7-10(3-4-16-11)15-21-14(20-9(2)23)12(24-15)13-17-5-6-18-13;1-2(3)4/h6-9,12H,10-11,13H2,1-5H3,(H,25,29)(H,22,24,28);5-8,11H,9-10,12H2,1-4H3,(H,21,23,26);3-7H,1-2H3,(H,17,18)(H,20,23)(H,16,19,22);1H3,(H2,3,4). The van der Waals surface area contributed by atoms with E-state index in [4.69, 9.17) is 9.47 Å². The van der Waals surface area contributed by atoms with Crippen LogP contribution in [0.25, 0.3) is 63.8 Å². The summed E-state index contributed by atoms with van der Waals surface area (Å²) < 4.78 is 16.4. The topological polar surface area (TPSA) is 349 Å². The van der Waals surface area contributed by atoms with E-state index in [1.54, 1.807) is 67.6 Å². The number of thiazole rings is 3. The van der Waals surface area contributed by atoms with Crippen LogP contribution in [0.3, 0.4) is 0 Å². The van der Waals surface area contributed by atoms with Crippen LogP contribution < -0.4 is 32.3 Å². The minimum Gasteiger partial charge on any atom is -0.370 e. The van der Waals surface area contributed by atoms with E-state index in [-0.39, 0.29) is 35.4 Å². The van der Waals surface area contributed by atoms with E-state index in [1.165, 1.54) is 75.6 Å². The Bertz CT molecular complexity index is 3870. The average Bonchev–Trinajstić information content (AvgIpc) is 1.93. The molecule has 9 aromatic heterocycles. The monoisotopic (exact) mass is 1370 g/mol. The highest BCUT2D eigenvalue weighted by Gasteiger charge is 2.23. The largest absolute Gasteiger partial charge is 0.370 e. The maximum absolute atomic E-state index is 11.8. The van der Waals surface area contributed by atoms with Gasteiger partial charge < -0.3 is 55.9 Å². The number of H-pyrrole nitrogens is 1. The van der Waals surface area contributed by atoms with Gasteiger partial charge in [-0.05, 0) is 64.4 Å². The molecule has 0 aliphatic rings. The van der Waals surface area contributed by atoms with Crippen LogP contribution in [0.5, 0.6) is 0 Å². The molecule has 9 rings (SSSR count). The Morgan fingerprint density at radius 3 is 1.27 bits per heavy atom. The molecule has 0 unspecified atom stereocenters. The molecule has 9 heterocycles. The molecule has 6 amide bonds. The van der Waals surface area contributed by atoms with Crippen LogP contribution in [0, 0.1) is 0 Å². The first-order chi connectivity index (χ1) is 42.1. The van der Waals surface area contributed by atoms with Crippen LogP contribution in [-0.4, -0.2) is 124 Å². The van der Waals surface area contributed by atoms with Crippen molar-refractivity contribution >= 4 is 131 Å². The number of carbonyl (C=O) groups excluding carboxylic acids is 6. The first-order valence-electron chi connectivity index (χ1n) is 27.5. The Balaban J connectivity index is 0.000000208. The summed E-state index contributed by atoms with van der Waals surface area (Å²) >= 11 is 7.87. The van der Waals surface area contributed by atoms with E-state index in [0.29, 0.717) is 70.8 Å². The van der Waals surface area contributed by atoms with Crippen LogP contribution >= 0.6 is 49.9 Å². The van der Waals surface area contributed by atoms with Crippen LogP contribution in [0.2, 0.25) is 51.4 Å². The molecule has 8 N–H and O–H groups in total. The maximum atomic E-state index is 11.8. The number of nitrogens with one attached hydrogen (secondary N) is 6. The normalized spacial score (nSPS) is 11.0. The van der Waals surface area contributed by atoms with Gasteiger partial charge in [0.05, 0.1) is 0 Å². The third kappa shape index (κ3) is 22.9. The fourth-order valence-electron chi connectivity index (χ4n) is 7.42. The fraction of sp³-hybridized carbons (Fsp3) is 0.316. The zero-order valence-corrected chi connectivity index (χ0v) is 57.3. The number of nitrogens with zero attached hydrogens (tertiary/aromatic N) is 11. The molecule has 26 nitrogen and oxygen atoms in total. The minimum atomic E-state index is -1.17.